The molecule has 1 heterocycles. The molecular formula is C13H12ClN3O3. The normalized spacial score (nSPS) is 10.3. The Morgan fingerprint density at radius 3 is 2.55 bits per heavy atom. The molecule has 7 heteroatoms. The third kappa shape index (κ3) is 2.80. The molecule has 0 aliphatic rings. The number of aromatic nitrogens is 2. The van der Waals surface area contributed by atoms with Crippen LogP contribution in [0.1, 0.15) is 26.4 Å². The molecule has 0 saturated carbocycles. The van der Waals surface area contributed by atoms with Crippen LogP contribution in [0.15, 0.2) is 24.4 Å². The van der Waals surface area contributed by atoms with E-state index in [1.54, 1.807) is 24.9 Å². The second kappa shape index (κ2) is 5.34. The first-order chi connectivity index (χ1) is 9.38. The standard InChI is InChI=1S/C13H12ClN3O3/c1-7-10(6-17(2)16-7)12(18)15-8-3-4-9(13(19)20)11(14)5-8/h3-6H,1-2H3,(H,15,18)(H,19,20). The number of anilines is 1. The van der Waals surface area contributed by atoms with Crippen LogP contribution in [-0.4, -0.2) is 26.8 Å². The maximum atomic E-state index is 12.1. The van der Waals surface area contributed by atoms with Crippen LogP contribution in [0.25, 0.3) is 0 Å². The molecule has 2 rings (SSSR count). The van der Waals surface area contributed by atoms with Gasteiger partial charge in [-0.15, -0.1) is 0 Å². The molecule has 104 valence electrons. The lowest BCUT2D eigenvalue weighted by Gasteiger charge is -2.06. The number of benzene rings is 1. The SMILES string of the molecule is Cc1nn(C)cc1C(=O)Nc1ccc(C(=O)O)c(Cl)c1. The summed E-state index contributed by atoms with van der Waals surface area (Å²) in [7, 11) is 1.72. The number of carboxylic acid groups (broad SMARTS) is 1. The number of amides is 1. The maximum Gasteiger partial charge on any atom is 0.337 e. The number of nitrogens with zero attached hydrogens (tertiary/aromatic N) is 2. The zero-order chi connectivity index (χ0) is 14.9. The molecule has 2 aromatic rings. The number of hydrogen-bond acceptors (Lipinski definition) is 3. The van der Waals surface area contributed by atoms with Crippen LogP contribution in [0.2, 0.25) is 5.02 Å². The molecule has 0 saturated heterocycles. The molecule has 1 aromatic heterocycles. The van der Waals surface area contributed by atoms with E-state index in [0.29, 0.717) is 16.9 Å². The molecule has 1 aromatic carbocycles. The summed E-state index contributed by atoms with van der Waals surface area (Å²) in [5, 5.41) is 15.7. The number of carbonyl (C=O) groups is 2. The van der Waals surface area contributed by atoms with Gasteiger partial charge in [-0.3, -0.25) is 9.48 Å². The van der Waals surface area contributed by atoms with Crippen LogP contribution < -0.4 is 5.32 Å². The van der Waals surface area contributed by atoms with E-state index in [1.165, 1.54) is 18.2 Å². The molecule has 0 unspecified atom stereocenters. The number of nitrogens with one attached hydrogen (secondary N) is 1. The molecule has 20 heavy (non-hydrogen) atoms. The van der Waals surface area contributed by atoms with Gasteiger partial charge in [-0.25, -0.2) is 4.79 Å². The Balaban J connectivity index is 2.22. The summed E-state index contributed by atoms with van der Waals surface area (Å²) >= 11 is 5.84. The lowest BCUT2D eigenvalue weighted by atomic mass is 10.2. The van der Waals surface area contributed by atoms with Crippen molar-refractivity contribution in [1.29, 1.82) is 0 Å². The van der Waals surface area contributed by atoms with Gasteiger partial charge in [0.2, 0.25) is 0 Å². The number of aromatic carboxylic acids is 1. The Morgan fingerprint density at radius 2 is 2.05 bits per heavy atom. The van der Waals surface area contributed by atoms with E-state index in [4.69, 9.17) is 16.7 Å². The van der Waals surface area contributed by atoms with Crippen molar-refractivity contribution in [3.8, 4) is 0 Å². The van der Waals surface area contributed by atoms with E-state index in [0.717, 1.165) is 0 Å². The second-order valence-electron chi connectivity index (χ2n) is 4.26. The predicted octanol–water partition coefficient (Wildman–Crippen LogP) is 2.33. The fraction of sp³-hybridized carbons (Fsp3) is 0.154. The molecule has 6 nitrogen and oxygen atoms in total. The zero-order valence-corrected chi connectivity index (χ0v) is 11.6. The van der Waals surface area contributed by atoms with Crippen molar-refractivity contribution < 1.29 is 14.7 Å². The predicted molar refractivity (Wildman–Crippen MR) is 74.3 cm³/mol. The summed E-state index contributed by atoms with van der Waals surface area (Å²) in [6.45, 7) is 1.73. The van der Waals surface area contributed by atoms with Gasteiger partial charge in [-0.1, -0.05) is 11.6 Å². The fourth-order valence-electron chi connectivity index (χ4n) is 1.79. The first kappa shape index (κ1) is 14.1. The van der Waals surface area contributed by atoms with Crippen LogP contribution in [0.3, 0.4) is 0 Å². The molecule has 0 bridgehead atoms. The molecule has 0 aliphatic heterocycles. The molecule has 0 aliphatic carbocycles. The van der Waals surface area contributed by atoms with Crippen LogP contribution in [0, 0.1) is 6.92 Å². The van der Waals surface area contributed by atoms with Crippen LogP contribution in [0.4, 0.5) is 5.69 Å². The average molecular weight is 294 g/mol. The molecule has 0 radical (unpaired) electrons. The van der Waals surface area contributed by atoms with Crippen LogP contribution in [0.5, 0.6) is 0 Å². The smallest absolute Gasteiger partial charge is 0.337 e. The van der Waals surface area contributed by atoms with Gasteiger partial charge in [0.25, 0.3) is 5.91 Å². The second-order valence-corrected chi connectivity index (χ2v) is 4.66. The minimum atomic E-state index is -1.11. The first-order valence-corrected chi connectivity index (χ1v) is 6.10. The molecule has 0 atom stereocenters. The summed E-state index contributed by atoms with van der Waals surface area (Å²) < 4.78 is 1.55. The summed E-state index contributed by atoms with van der Waals surface area (Å²) in [5.41, 5.74) is 1.47. The van der Waals surface area contributed by atoms with Gasteiger partial charge < -0.3 is 10.4 Å². The van der Waals surface area contributed by atoms with E-state index in [1.807, 2.05) is 0 Å². The third-order valence-electron chi connectivity index (χ3n) is 2.72. The van der Waals surface area contributed by atoms with Gasteiger partial charge >= 0.3 is 5.97 Å². The molecule has 2 N–H and O–H groups in total. The van der Waals surface area contributed by atoms with Gasteiger partial charge in [0, 0.05) is 18.9 Å². The van der Waals surface area contributed by atoms with Crippen molar-refractivity contribution in [3.63, 3.8) is 0 Å². The number of halogens is 1. The summed E-state index contributed by atoms with van der Waals surface area (Å²) in [6, 6.07) is 4.23. The highest BCUT2D eigenvalue weighted by atomic mass is 35.5. The van der Waals surface area contributed by atoms with Gasteiger partial charge in [-0.2, -0.15) is 5.10 Å². The van der Waals surface area contributed by atoms with Gasteiger partial charge in [-0.05, 0) is 25.1 Å². The van der Waals surface area contributed by atoms with Crippen molar-refractivity contribution in [3.05, 3.63) is 46.2 Å². The largest absolute Gasteiger partial charge is 0.478 e. The van der Waals surface area contributed by atoms with Gasteiger partial charge in [0.05, 0.1) is 21.8 Å². The summed E-state index contributed by atoms with van der Waals surface area (Å²) in [5.74, 6) is -1.44. The highest BCUT2D eigenvalue weighted by molar-refractivity contribution is 6.33. The molecule has 0 spiro atoms. The number of aryl methyl sites for hydroxylation is 2. The topological polar surface area (TPSA) is 84.2 Å². The first-order valence-electron chi connectivity index (χ1n) is 5.73. The summed E-state index contributed by atoms with van der Waals surface area (Å²) in [4.78, 5) is 22.9. The minimum Gasteiger partial charge on any atom is -0.478 e. The van der Waals surface area contributed by atoms with E-state index in [2.05, 4.69) is 10.4 Å². The average Bonchev–Trinajstić information content (AvgIpc) is 2.68. The number of rotatable bonds is 3. The van der Waals surface area contributed by atoms with E-state index in [-0.39, 0.29) is 16.5 Å². The number of carbonyl (C=O) groups excluding carboxylic acids is 1. The molecule has 0 fully saturated rings. The Bertz CT molecular complexity index is 694. The van der Waals surface area contributed by atoms with Crippen molar-refractivity contribution >= 4 is 29.2 Å². The Morgan fingerprint density at radius 1 is 1.35 bits per heavy atom. The highest BCUT2D eigenvalue weighted by Gasteiger charge is 2.14. The van der Waals surface area contributed by atoms with Crippen molar-refractivity contribution in [1.82, 2.24) is 9.78 Å². The van der Waals surface area contributed by atoms with Crippen molar-refractivity contribution in [2.75, 3.05) is 5.32 Å². The van der Waals surface area contributed by atoms with Crippen molar-refractivity contribution in [2.24, 2.45) is 7.05 Å². The Hall–Kier alpha value is -2.34. The fourth-order valence-corrected chi connectivity index (χ4v) is 2.05. The lowest BCUT2D eigenvalue weighted by Crippen LogP contribution is -2.12. The molecule has 1 amide bonds. The van der Waals surface area contributed by atoms with Crippen LogP contribution in [-0.2, 0) is 7.05 Å². The summed E-state index contributed by atoms with van der Waals surface area (Å²) in [6.07, 6.45) is 1.61. The van der Waals surface area contributed by atoms with E-state index >= 15 is 0 Å². The van der Waals surface area contributed by atoms with Gasteiger partial charge in [0.1, 0.15) is 0 Å². The lowest BCUT2D eigenvalue weighted by molar-refractivity contribution is 0.0697. The quantitative estimate of drug-likeness (QED) is 0.909. The number of carboxylic acids is 1. The number of hydrogen-bond donors (Lipinski definition) is 2. The Kier molecular flexibility index (Phi) is 3.76. The van der Waals surface area contributed by atoms with E-state index in [9.17, 15) is 9.59 Å². The third-order valence-corrected chi connectivity index (χ3v) is 3.03. The zero-order valence-electron chi connectivity index (χ0n) is 10.8. The van der Waals surface area contributed by atoms with Crippen molar-refractivity contribution in [2.45, 2.75) is 6.92 Å². The van der Waals surface area contributed by atoms with Crippen LogP contribution >= 0.6 is 11.6 Å². The Labute approximate surface area is 120 Å². The van der Waals surface area contributed by atoms with Gasteiger partial charge in [0.15, 0.2) is 0 Å². The monoisotopic (exact) mass is 293 g/mol. The maximum absolute atomic E-state index is 12.1. The molecular weight excluding hydrogens is 282 g/mol. The van der Waals surface area contributed by atoms with E-state index < -0.39 is 5.97 Å². The minimum absolute atomic E-state index is 0.0118. The highest BCUT2D eigenvalue weighted by Crippen LogP contribution is 2.21.